The van der Waals surface area contributed by atoms with E-state index in [9.17, 15) is 14.0 Å². The number of carbonyl (C=O) groups is 1. The Bertz CT molecular complexity index is 1360. The predicted molar refractivity (Wildman–Crippen MR) is 115 cm³/mol. The Kier molecular flexibility index (Phi) is 5.33. The van der Waals surface area contributed by atoms with Crippen LogP contribution in [0.1, 0.15) is 12.0 Å². The zero-order chi connectivity index (χ0) is 22.1. The van der Waals surface area contributed by atoms with Gasteiger partial charge in [0.25, 0.3) is 5.56 Å². The van der Waals surface area contributed by atoms with Gasteiger partial charge in [-0.3, -0.25) is 14.2 Å². The fourth-order valence-corrected chi connectivity index (χ4v) is 3.45. The van der Waals surface area contributed by atoms with Gasteiger partial charge in [0.15, 0.2) is 11.5 Å². The molecule has 160 valence electrons. The molecular weight excluding hydrogens is 403 g/mol. The number of aromatic amines is 1. The first-order chi connectivity index (χ1) is 14.9. The van der Waals surface area contributed by atoms with E-state index in [-0.39, 0.29) is 30.2 Å². The van der Waals surface area contributed by atoms with Crippen molar-refractivity contribution in [2.45, 2.75) is 19.9 Å². The number of methoxy groups -OCH3 is 2. The van der Waals surface area contributed by atoms with Crippen LogP contribution in [0.25, 0.3) is 21.9 Å². The number of ether oxygens (including phenoxy) is 2. The third-order valence-corrected chi connectivity index (χ3v) is 5.10. The predicted octanol–water partition coefficient (Wildman–Crippen LogP) is 3.37. The summed E-state index contributed by atoms with van der Waals surface area (Å²) in [6, 6.07) is 7.86. The van der Waals surface area contributed by atoms with E-state index in [0.29, 0.717) is 39.3 Å². The van der Waals surface area contributed by atoms with Crippen molar-refractivity contribution in [1.29, 1.82) is 0 Å². The van der Waals surface area contributed by atoms with Crippen molar-refractivity contribution in [3.8, 4) is 11.5 Å². The van der Waals surface area contributed by atoms with E-state index in [4.69, 9.17) is 9.47 Å². The lowest BCUT2D eigenvalue weighted by Crippen LogP contribution is -2.23. The molecule has 4 aromatic rings. The highest BCUT2D eigenvalue weighted by Gasteiger charge is 2.15. The standard InChI is InChI=1S/C22H21FN4O4/c1-12-8-13(4-5-15(12)23)25-19(28)6-7-27-11-24-20-14-9-17(30-2)18(31-3)10-16(14)26-21(20)22(27)29/h4-5,8-11,26H,6-7H2,1-3H3,(H,25,28). The molecule has 8 nitrogen and oxygen atoms in total. The molecule has 9 heteroatoms. The Hall–Kier alpha value is -3.88. The van der Waals surface area contributed by atoms with Gasteiger partial charge in [-0.2, -0.15) is 0 Å². The third kappa shape index (κ3) is 3.81. The van der Waals surface area contributed by atoms with Gasteiger partial charge in [0.2, 0.25) is 5.91 Å². The lowest BCUT2D eigenvalue weighted by molar-refractivity contribution is -0.116. The Morgan fingerprint density at radius 2 is 1.94 bits per heavy atom. The van der Waals surface area contributed by atoms with Gasteiger partial charge in [0, 0.05) is 30.1 Å². The lowest BCUT2D eigenvalue weighted by Gasteiger charge is -2.08. The average Bonchev–Trinajstić information content (AvgIpc) is 3.13. The summed E-state index contributed by atoms with van der Waals surface area (Å²) in [6.45, 7) is 1.77. The second kappa shape index (κ2) is 8.10. The van der Waals surface area contributed by atoms with Crippen LogP contribution >= 0.6 is 0 Å². The number of amides is 1. The van der Waals surface area contributed by atoms with Gasteiger partial charge >= 0.3 is 0 Å². The maximum absolute atomic E-state index is 13.4. The quantitative estimate of drug-likeness (QED) is 0.495. The number of carbonyl (C=O) groups excluding carboxylic acids is 1. The zero-order valence-corrected chi connectivity index (χ0v) is 17.3. The first-order valence-corrected chi connectivity index (χ1v) is 9.60. The first kappa shape index (κ1) is 20.4. The van der Waals surface area contributed by atoms with Gasteiger partial charge in [0.1, 0.15) is 16.9 Å². The molecule has 0 radical (unpaired) electrons. The summed E-state index contributed by atoms with van der Waals surface area (Å²) in [5.74, 6) is 0.450. The summed E-state index contributed by atoms with van der Waals surface area (Å²) < 4.78 is 25.4. The number of anilines is 1. The number of benzene rings is 2. The van der Waals surface area contributed by atoms with E-state index < -0.39 is 0 Å². The van der Waals surface area contributed by atoms with Gasteiger partial charge in [-0.15, -0.1) is 0 Å². The summed E-state index contributed by atoms with van der Waals surface area (Å²) >= 11 is 0. The van der Waals surface area contributed by atoms with Crippen LogP contribution < -0.4 is 20.3 Å². The molecule has 0 fully saturated rings. The van der Waals surface area contributed by atoms with Gasteiger partial charge in [0.05, 0.1) is 26.1 Å². The first-order valence-electron chi connectivity index (χ1n) is 9.60. The molecular formula is C22H21FN4O4. The number of nitrogens with zero attached hydrogens (tertiary/aromatic N) is 2. The Balaban J connectivity index is 1.57. The molecule has 0 aliphatic carbocycles. The average molecular weight is 424 g/mol. The SMILES string of the molecule is COc1cc2[nH]c3c(=O)n(CCC(=O)Nc4ccc(F)c(C)c4)cnc3c2cc1OC. The number of nitrogens with one attached hydrogen (secondary N) is 2. The molecule has 31 heavy (non-hydrogen) atoms. The van der Waals surface area contributed by atoms with Crippen molar-refractivity contribution in [2.75, 3.05) is 19.5 Å². The van der Waals surface area contributed by atoms with Gasteiger partial charge in [-0.1, -0.05) is 0 Å². The Morgan fingerprint density at radius 1 is 1.19 bits per heavy atom. The van der Waals surface area contributed by atoms with Crippen molar-refractivity contribution >= 4 is 33.5 Å². The lowest BCUT2D eigenvalue weighted by atomic mass is 10.2. The molecule has 0 unspecified atom stereocenters. The van der Waals surface area contributed by atoms with E-state index >= 15 is 0 Å². The van der Waals surface area contributed by atoms with Crippen LogP contribution in [0.4, 0.5) is 10.1 Å². The summed E-state index contributed by atoms with van der Waals surface area (Å²) in [5.41, 5.74) is 2.20. The number of rotatable bonds is 6. The molecule has 2 N–H and O–H groups in total. The van der Waals surface area contributed by atoms with Crippen molar-refractivity contribution in [2.24, 2.45) is 0 Å². The minimum atomic E-state index is -0.336. The number of aromatic nitrogens is 3. The van der Waals surface area contributed by atoms with E-state index in [1.54, 1.807) is 25.1 Å². The second-order valence-electron chi connectivity index (χ2n) is 7.11. The zero-order valence-electron chi connectivity index (χ0n) is 17.3. The van der Waals surface area contributed by atoms with Crippen molar-refractivity contribution < 1.29 is 18.7 Å². The largest absolute Gasteiger partial charge is 0.493 e. The Labute approximate surface area is 176 Å². The van der Waals surface area contributed by atoms with E-state index in [1.165, 1.54) is 37.2 Å². The number of H-pyrrole nitrogens is 1. The topological polar surface area (TPSA) is 98.2 Å². The van der Waals surface area contributed by atoms with E-state index in [1.807, 2.05) is 0 Å². The normalized spacial score (nSPS) is 11.1. The molecule has 0 spiro atoms. The molecule has 0 saturated heterocycles. The van der Waals surface area contributed by atoms with Crippen molar-refractivity contribution in [1.82, 2.24) is 14.5 Å². The molecule has 0 saturated carbocycles. The molecule has 1 amide bonds. The summed E-state index contributed by atoms with van der Waals surface area (Å²) in [6.07, 6.45) is 1.48. The molecule has 0 aliphatic heterocycles. The van der Waals surface area contributed by atoms with E-state index in [2.05, 4.69) is 15.3 Å². The fraction of sp³-hybridized carbons (Fsp3) is 0.227. The maximum atomic E-state index is 13.4. The van der Waals surface area contributed by atoms with Crippen LogP contribution in [0.3, 0.4) is 0 Å². The minimum absolute atomic E-state index is 0.0609. The highest BCUT2D eigenvalue weighted by molar-refractivity contribution is 6.05. The molecule has 4 rings (SSSR count). The van der Waals surface area contributed by atoms with Crippen LogP contribution in [0.5, 0.6) is 11.5 Å². The maximum Gasteiger partial charge on any atom is 0.277 e. The van der Waals surface area contributed by atoms with Crippen LogP contribution in [0.2, 0.25) is 0 Å². The van der Waals surface area contributed by atoms with Crippen LogP contribution in [-0.4, -0.2) is 34.7 Å². The number of hydrogen-bond donors (Lipinski definition) is 2. The van der Waals surface area contributed by atoms with Crippen molar-refractivity contribution in [3.05, 3.63) is 58.4 Å². The summed E-state index contributed by atoms with van der Waals surface area (Å²) in [5, 5.41) is 3.44. The molecule has 0 bridgehead atoms. The molecule has 2 heterocycles. The van der Waals surface area contributed by atoms with E-state index in [0.717, 1.165) is 5.39 Å². The molecule has 2 aromatic heterocycles. The second-order valence-corrected chi connectivity index (χ2v) is 7.11. The van der Waals surface area contributed by atoms with Crippen LogP contribution in [-0.2, 0) is 11.3 Å². The molecule has 0 atom stereocenters. The highest BCUT2D eigenvalue weighted by Crippen LogP contribution is 2.34. The van der Waals surface area contributed by atoms with Crippen LogP contribution in [0, 0.1) is 12.7 Å². The number of fused-ring (bicyclic) bond motifs is 3. The smallest absolute Gasteiger partial charge is 0.277 e. The Morgan fingerprint density at radius 3 is 2.65 bits per heavy atom. The van der Waals surface area contributed by atoms with Crippen LogP contribution in [0.15, 0.2) is 41.5 Å². The minimum Gasteiger partial charge on any atom is -0.493 e. The summed E-state index contributed by atoms with van der Waals surface area (Å²) in [4.78, 5) is 32.7. The fourth-order valence-electron chi connectivity index (χ4n) is 3.45. The number of halogens is 1. The monoisotopic (exact) mass is 424 g/mol. The summed E-state index contributed by atoms with van der Waals surface area (Å²) in [7, 11) is 3.08. The molecule has 0 aliphatic rings. The number of hydrogen-bond acceptors (Lipinski definition) is 5. The third-order valence-electron chi connectivity index (χ3n) is 5.10. The molecule has 2 aromatic carbocycles. The van der Waals surface area contributed by atoms with Gasteiger partial charge in [-0.25, -0.2) is 9.37 Å². The highest BCUT2D eigenvalue weighted by atomic mass is 19.1. The van der Waals surface area contributed by atoms with Gasteiger partial charge < -0.3 is 19.8 Å². The van der Waals surface area contributed by atoms with Crippen molar-refractivity contribution in [3.63, 3.8) is 0 Å². The number of aryl methyl sites for hydroxylation is 2. The van der Waals surface area contributed by atoms with Gasteiger partial charge in [-0.05, 0) is 36.8 Å².